The molecule has 0 unspecified atom stereocenters. The van der Waals surface area contributed by atoms with Crippen LogP contribution in [0.4, 0.5) is 0 Å². The largest absolute Gasteiger partial charge is 0.330 e. The van der Waals surface area contributed by atoms with Gasteiger partial charge in [0, 0.05) is 12.4 Å². The first kappa shape index (κ1) is 12.0. The van der Waals surface area contributed by atoms with E-state index in [9.17, 15) is 4.79 Å². The van der Waals surface area contributed by atoms with Crippen molar-refractivity contribution in [1.29, 1.82) is 0 Å². The van der Waals surface area contributed by atoms with Gasteiger partial charge in [0.1, 0.15) is 0 Å². The predicted octanol–water partition coefficient (Wildman–Crippen LogP) is -0.169. The number of pyridine rings is 1. The van der Waals surface area contributed by atoms with E-state index < -0.39 is 0 Å². The van der Waals surface area contributed by atoms with Crippen molar-refractivity contribution in [3.63, 3.8) is 0 Å². The third-order valence-electron chi connectivity index (χ3n) is 3.42. The van der Waals surface area contributed by atoms with E-state index in [4.69, 9.17) is 0 Å². The first-order chi connectivity index (χ1) is 8.18. The highest BCUT2D eigenvalue weighted by atomic mass is 16.2. The third kappa shape index (κ3) is 2.82. The van der Waals surface area contributed by atoms with Crippen LogP contribution in [0.5, 0.6) is 0 Å². The summed E-state index contributed by atoms with van der Waals surface area (Å²) in [6, 6.07) is 4.28. The molecule has 92 valence electrons. The van der Waals surface area contributed by atoms with Gasteiger partial charge in [0.2, 0.25) is 0 Å². The maximum Gasteiger partial charge on any atom is 0.255 e. The number of amides is 1. The van der Waals surface area contributed by atoms with Crippen LogP contribution in [0.1, 0.15) is 24.2 Å². The second-order valence-corrected chi connectivity index (χ2v) is 4.85. The topological polar surface area (TPSA) is 37.6 Å². The van der Waals surface area contributed by atoms with Crippen LogP contribution in [0.2, 0.25) is 0 Å². The maximum absolute atomic E-state index is 12.2. The molecule has 2 heterocycles. The van der Waals surface area contributed by atoms with Crippen molar-refractivity contribution in [2.45, 2.75) is 19.9 Å². The number of aromatic nitrogens is 1. The number of rotatable bonds is 2. The van der Waals surface area contributed by atoms with Crippen molar-refractivity contribution in [3.05, 3.63) is 30.1 Å². The van der Waals surface area contributed by atoms with Crippen molar-refractivity contribution in [1.82, 2.24) is 9.88 Å². The van der Waals surface area contributed by atoms with Crippen molar-refractivity contribution >= 4 is 5.91 Å². The van der Waals surface area contributed by atoms with Gasteiger partial charge in [-0.05, 0) is 26.0 Å². The average molecular weight is 234 g/mol. The molecule has 1 saturated heterocycles. The Morgan fingerprint density at radius 1 is 1.41 bits per heavy atom. The van der Waals surface area contributed by atoms with Crippen molar-refractivity contribution in [2.24, 2.45) is 0 Å². The van der Waals surface area contributed by atoms with Gasteiger partial charge in [0.25, 0.3) is 5.91 Å². The molecule has 4 nitrogen and oxygen atoms in total. The number of quaternary nitrogens is 1. The lowest BCUT2D eigenvalue weighted by molar-refractivity contribution is -0.925. The minimum absolute atomic E-state index is 0.112. The molecule has 0 radical (unpaired) electrons. The summed E-state index contributed by atoms with van der Waals surface area (Å²) in [4.78, 5) is 19.7. The van der Waals surface area contributed by atoms with Crippen molar-refractivity contribution in [3.8, 4) is 0 Å². The van der Waals surface area contributed by atoms with E-state index in [1.54, 1.807) is 17.3 Å². The molecule has 1 N–H and O–H groups in total. The molecule has 1 aliphatic rings. The van der Waals surface area contributed by atoms with Gasteiger partial charge < -0.3 is 9.80 Å². The summed E-state index contributed by atoms with van der Waals surface area (Å²) in [5.41, 5.74) is 0.695. The summed E-state index contributed by atoms with van der Waals surface area (Å²) in [5, 5.41) is 0. The van der Waals surface area contributed by atoms with Gasteiger partial charge in [0.15, 0.2) is 0 Å². The van der Waals surface area contributed by atoms with Gasteiger partial charge in [-0.2, -0.15) is 0 Å². The summed E-state index contributed by atoms with van der Waals surface area (Å²) in [7, 11) is 0. The number of hydrogen-bond acceptors (Lipinski definition) is 2. The highest BCUT2D eigenvalue weighted by Crippen LogP contribution is 2.03. The molecule has 1 aromatic heterocycles. The molecule has 0 spiro atoms. The first-order valence-corrected chi connectivity index (χ1v) is 6.22. The first-order valence-electron chi connectivity index (χ1n) is 6.22. The van der Waals surface area contributed by atoms with E-state index in [0.29, 0.717) is 11.6 Å². The van der Waals surface area contributed by atoms with Gasteiger partial charge in [-0.15, -0.1) is 0 Å². The lowest BCUT2D eigenvalue weighted by Crippen LogP contribution is -3.17. The van der Waals surface area contributed by atoms with E-state index in [0.717, 1.165) is 26.2 Å². The Morgan fingerprint density at radius 3 is 2.65 bits per heavy atom. The van der Waals surface area contributed by atoms with Crippen LogP contribution in [0.25, 0.3) is 0 Å². The van der Waals surface area contributed by atoms with Gasteiger partial charge in [-0.3, -0.25) is 9.78 Å². The van der Waals surface area contributed by atoms with Crippen molar-refractivity contribution < 1.29 is 9.69 Å². The molecular formula is C13H20N3O+. The molecule has 2 rings (SSSR count). The Hall–Kier alpha value is -1.42. The monoisotopic (exact) mass is 234 g/mol. The van der Waals surface area contributed by atoms with Crippen LogP contribution >= 0.6 is 0 Å². The SMILES string of the molecule is CC(C)[NH+]1CCN(C(=O)c2cccnc2)CC1. The number of carbonyl (C=O) groups excluding carboxylic acids is 1. The number of piperazine rings is 1. The molecule has 1 aromatic rings. The molecule has 0 aromatic carbocycles. The van der Waals surface area contributed by atoms with Gasteiger partial charge in [0.05, 0.1) is 37.8 Å². The zero-order valence-corrected chi connectivity index (χ0v) is 10.5. The Labute approximate surface area is 102 Å². The Balaban J connectivity index is 1.95. The molecule has 1 aliphatic heterocycles. The van der Waals surface area contributed by atoms with E-state index in [2.05, 4.69) is 18.8 Å². The van der Waals surface area contributed by atoms with Crippen LogP contribution in [-0.4, -0.2) is 48.0 Å². The second-order valence-electron chi connectivity index (χ2n) is 4.85. The minimum Gasteiger partial charge on any atom is -0.330 e. The molecule has 1 fully saturated rings. The second kappa shape index (κ2) is 5.27. The smallest absolute Gasteiger partial charge is 0.255 e. The molecule has 4 heteroatoms. The summed E-state index contributed by atoms with van der Waals surface area (Å²) >= 11 is 0. The van der Waals surface area contributed by atoms with E-state index in [1.165, 1.54) is 0 Å². The van der Waals surface area contributed by atoms with Crippen LogP contribution < -0.4 is 4.90 Å². The van der Waals surface area contributed by atoms with Gasteiger partial charge in [-0.25, -0.2) is 0 Å². The fraction of sp³-hybridized carbons (Fsp3) is 0.538. The van der Waals surface area contributed by atoms with E-state index in [1.807, 2.05) is 17.0 Å². The Morgan fingerprint density at radius 2 is 2.12 bits per heavy atom. The number of hydrogen-bond donors (Lipinski definition) is 1. The highest BCUT2D eigenvalue weighted by molar-refractivity contribution is 5.93. The lowest BCUT2D eigenvalue weighted by atomic mass is 10.2. The highest BCUT2D eigenvalue weighted by Gasteiger charge is 2.25. The predicted molar refractivity (Wildman–Crippen MR) is 66.0 cm³/mol. The number of nitrogens with one attached hydrogen (secondary N) is 1. The standard InChI is InChI=1S/C13H19N3O/c1-11(2)15-6-8-16(9-7-15)13(17)12-4-3-5-14-10-12/h3-5,10-11H,6-9H2,1-2H3/p+1. The zero-order chi connectivity index (χ0) is 12.3. The summed E-state index contributed by atoms with van der Waals surface area (Å²) < 4.78 is 0. The van der Waals surface area contributed by atoms with Crippen LogP contribution in [0, 0.1) is 0 Å². The summed E-state index contributed by atoms with van der Waals surface area (Å²) in [6.07, 6.45) is 3.33. The fourth-order valence-corrected chi connectivity index (χ4v) is 2.25. The molecule has 0 bridgehead atoms. The lowest BCUT2D eigenvalue weighted by Gasteiger charge is -2.34. The number of nitrogens with zero attached hydrogens (tertiary/aromatic N) is 2. The third-order valence-corrected chi connectivity index (χ3v) is 3.42. The molecule has 1 amide bonds. The Bertz CT molecular complexity index is 370. The number of carbonyl (C=O) groups is 1. The Kier molecular flexibility index (Phi) is 3.74. The normalized spacial score (nSPS) is 17.5. The minimum atomic E-state index is 0.112. The summed E-state index contributed by atoms with van der Waals surface area (Å²) in [6.45, 7) is 8.25. The quantitative estimate of drug-likeness (QED) is 0.771. The molecular weight excluding hydrogens is 214 g/mol. The van der Waals surface area contributed by atoms with Gasteiger partial charge >= 0.3 is 0 Å². The molecule has 17 heavy (non-hydrogen) atoms. The van der Waals surface area contributed by atoms with E-state index >= 15 is 0 Å². The van der Waals surface area contributed by atoms with E-state index in [-0.39, 0.29) is 5.91 Å². The maximum atomic E-state index is 12.2. The van der Waals surface area contributed by atoms with Gasteiger partial charge in [-0.1, -0.05) is 0 Å². The van der Waals surface area contributed by atoms with Crippen LogP contribution in [0.3, 0.4) is 0 Å². The van der Waals surface area contributed by atoms with Crippen LogP contribution in [0.15, 0.2) is 24.5 Å². The average Bonchev–Trinajstić information content (AvgIpc) is 2.39. The van der Waals surface area contributed by atoms with Crippen LogP contribution in [-0.2, 0) is 0 Å². The van der Waals surface area contributed by atoms with Crippen molar-refractivity contribution in [2.75, 3.05) is 26.2 Å². The molecule has 0 atom stereocenters. The molecule has 0 saturated carbocycles. The summed E-state index contributed by atoms with van der Waals surface area (Å²) in [5.74, 6) is 0.112. The fourth-order valence-electron chi connectivity index (χ4n) is 2.25. The molecule has 0 aliphatic carbocycles. The zero-order valence-electron chi connectivity index (χ0n) is 10.5.